The third-order valence-electron chi connectivity index (χ3n) is 2.17. The lowest BCUT2D eigenvalue weighted by Crippen LogP contribution is -2.13. The number of methoxy groups -OCH3 is 3. The van der Waals surface area contributed by atoms with Crippen molar-refractivity contribution in [2.45, 2.75) is 6.42 Å². The molecule has 0 saturated carbocycles. The van der Waals surface area contributed by atoms with Crippen molar-refractivity contribution >= 4 is 5.84 Å². The molecular formula is C11H16N2O3. The average molecular weight is 224 g/mol. The van der Waals surface area contributed by atoms with Crippen LogP contribution in [0.3, 0.4) is 0 Å². The van der Waals surface area contributed by atoms with Crippen LogP contribution in [0.1, 0.15) is 5.56 Å². The van der Waals surface area contributed by atoms with E-state index in [0.29, 0.717) is 23.7 Å². The van der Waals surface area contributed by atoms with Gasteiger partial charge in [0.2, 0.25) is 0 Å². The second-order valence-corrected chi connectivity index (χ2v) is 3.22. The Balaban J connectivity index is 3.20. The van der Waals surface area contributed by atoms with Gasteiger partial charge in [-0.15, -0.1) is 0 Å². The second-order valence-electron chi connectivity index (χ2n) is 3.22. The van der Waals surface area contributed by atoms with Crippen LogP contribution in [0.15, 0.2) is 12.1 Å². The van der Waals surface area contributed by atoms with E-state index in [-0.39, 0.29) is 5.84 Å². The first-order valence-electron chi connectivity index (χ1n) is 4.74. The van der Waals surface area contributed by atoms with Crippen LogP contribution in [0.2, 0.25) is 0 Å². The summed E-state index contributed by atoms with van der Waals surface area (Å²) < 4.78 is 15.5. The van der Waals surface area contributed by atoms with Crippen LogP contribution in [0.25, 0.3) is 0 Å². The standard InChI is InChI=1S/C11H16N2O3/c1-14-8-6-10(16-3)9(15-2)4-7(8)5-11(12)13/h4,6H,5H2,1-3H3,(H3,12,13). The highest BCUT2D eigenvalue weighted by Crippen LogP contribution is 2.34. The molecule has 0 heterocycles. The topological polar surface area (TPSA) is 77.6 Å². The molecule has 1 aromatic rings. The Kier molecular flexibility index (Phi) is 3.99. The predicted molar refractivity (Wildman–Crippen MR) is 61.7 cm³/mol. The Hall–Kier alpha value is -1.91. The highest BCUT2D eigenvalue weighted by molar-refractivity contribution is 5.80. The van der Waals surface area contributed by atoms with Gasteiger partial charge in [0.05, 0.1) is 27.2 Å². The first-order valence-corrected chi connectivity index (χ1v) is 4.74. The van der Waals surface area contributed by atoms with Gasteiger partial charge >= 0.3 is 0 Å². The summed E-state index contributed by atoms with van der Waals surface area (Å²) in [6.07, 6.45) is 0.323. The summed E-state index contributed by atoms with van der Waals surface area (Å²) in [5, 5.41) is 7.28. The highest BCUT2D eigenvalue weighted by Gasteiger charge is 2.12. The second kappa shape index (κ2) is 5.25. The third-order valence-corrected chi connectivity index (χ3v) is 2.17. The van der Waals surface area contributed by atoms with Gasteiger partial charge in [-0.05, 0) is 6.07 Å². The van der Waals surface area contributed by atoms with Crippen molar-refractivity contribution in [1.29, 1.82) is 5.41 Å². The van der Waals surface area contributed by atoms with Crippen molar-refractivity contribution in [2.24, 2.45) is 5.73 Å². The molecule has 0 spiro atoms. The minimum absolute atomic E-state index is 0.0746. The molecule has 16 heavy (non-hydrogen) atoms. The molecule has 0 aliphatic heterocycles. The van der Waals surface area contributed by atoms with Gasteiger partial charge < -0.3 is 19.9 Å². The predicted octanol–water partition coefficient (Wildman–Crippen LogP) is 1.19. The third kappa shape index (κ3) is 2.56. The van der Waals surface area contributed by atoms with Crippen molar-refractivity contribution in [3.05, 3.63) is 17.7 Å². The lowest BCUT2D eigenvalue weighted by Gasteiger charge is -2.13. The van der Waals surface area contributed by atoms with E-state index in [0.717, 1.165) is 5.56 Å². The van der Waals surface area contributed by atoms with Gasteiger partial charge in [0.25, 0.3) is 0 Å². The first-order chi connectivity index (χ1) is 7.62. The molecule has 1 aromatic carbocycles. The molecule has 0 unspecified atom stereocenters. The average Bonchev–Trinajstić information content (AvgIpc) is 2.27. The molecule has 0 atom stereocenters. The largest absolute Gasteiger partial charge is 0.496 e. The maximum absolute atomic E-state index is 7.28. The lowest BCUT2D eigenvalue weighted by molar-refractivity contribution is 0.348. The van der Waals surface area contributed by atoms with Crippen LogP contribution in [0.5, 0.6) is 17.2 Å². The number of nitrogens with two attached hydrogens (primary N) is 1. The fourth-order valence-corrected chi connectivity index (χ4v) is 1.44. The number of nitrogens with one attached hydrogen (secondary N) is 1. The van der Waals surface area contributed by atoms with Crippen LogP contribution < -0.4 is 19.9 Å². The Morgan fingerprint density at radius 1 is 1.06 bits per heavy atom. The molecule has 0 fully saturated rings. The van der Waals surface area contributed by atoms with Gasteiger partial charge in [0, 0.05) is 18.1 Å². The molecular weight excluding hydrogens is 208 g/mol. The van der Waals surface area contributed by atoms with E-state index in [1.165, 1.54) is 0 Å². The Morgan fingerprint density at radius 3 is 2.00 bits per heavy atom. The smallest absolute Gasteiger partial charge is 0.164 e. The zero-order valence-corrected chi connectivity index (χ0v) is 9.66. The summed E-state index contributed by atoms with van der Waals surface area (Å²) in [5.74, 6) is 1.89. The van der Waals surface area contributed by atoms with Crippen LogP contribution in [0.4, 0.5) is 0 Å². The number of hydrogen-bond acceptors (Lipinski definition) is 4. The van der Waals surface area contributed by atoms with E-state index < -0.39 is 0 Å². The summed E-state index contributed by atoms with van der Waals surface area (Å²) in [6.45, 7) is 0. The van der Waals surface area contributed by atoms with Crippen LogP contribution >= 0.6 is 0 Å². The number of amidine groups is 1. The molecule has 0 radical (unpaired) electrons. The van der Waals surface area contributed by atoms with E-state index in [1.807, 2.05) is 0 Å². The van der Waals surface area contributed by atoms with E-state index in [4.69, 9.17) is 25.4 Å². The monoisotopic (exact) mass is 224 g/mol. The SMILES string of the molecule is COc1cc(OC)c(OC)cc1CC(=N)N. The van der Waals surface area contributed by atoms with Gasteiger partial charge in [-0.2, -0.15) is 0 Å². The molecule has 0 aliphatic carbocycles. The summed E-state index contributed by atoms with van der Waals surface area (Å²) >= 11 is 0. The van der Waals surface area contributed by atoms with E-state index in [9.17, 15) is 0 Å². The fourth-order valence-electron chi connectivity index (χ4n) is 1.44. The maximum Gasteiger partial charge on any atom is 0.164 e. The quantitative estimate of drug-likeness (QED) is 0.581. The summed E-state index contributed by atoms with van der Waals surface area (Å²) in [6, 6.07) is 3.48. The molecule has 88 valence electrons. The maximum atomic E-state index is 7.28. The van der Waals surface area contributed by atoms with E-state index >= 15 is 0 Å². The summed E-state index contributed by atoms with van der Waals surface area (Å²) in [4.78, 5) is 0. The Bertz CT molecular complexity index is 391. The van der Waals surface area contributed by atoms with Crippen LogP contribution in [0, 0.1) is 5.41 Å². The molecule has 1 rings (SSSR count). The zero-order chi connectivity index (χ0) is 12.1. The molecule has 0 aliphatic rings. The molecule has 0 aromatic heterocycles. The highest BCUT2D eigenvalue weighted by atomic mass is 16.5. The van der Waals surface area contributed by atoms with Crippen molar-refractivity contribution < 1.29 is 14.2 Å². The number of rotatable bonds is 5. The minimum Gasteiger partial charge on any atom is -0.496 e. The number of ether oxygens (including phenoxy) is 3. The van der Waals surface area contributed by atoms with Crippen molar-refractivity contribution in [2.75, 3.05) is 21.3 Å². The first kappa shape index (κ1) is 12.2. The van der Waals surface area contributed by atoms with Crippen LogP contribution in [-0.2, 0) is 6.42 Å². The van der Waals surface area contributed by atoms with Gasteiger partial charge in [0.15, 0.2) is 11.5 Å². The molecule has 3 N–H and O–H groups in total. The van der Waals surface area contributed by atoms with Crippen molar-refractivity contribution in [3.63, 3.8) is 0 Å². The van der Waals surface area contributed by atoms with Gasteiger partial charge in [-0.3, -0.25) is 5.41 Å². The van der Waals surface area contributed by atoms with E-state index in [1.54, 1.807) is 33.5 Å². The molecule has 5 heteroatoms. The molecule has 0 saturated heterocycles. The fraction of sp³-hybridized carbons (Fsp3) is 0.364. The van der Waals surface area contributed by atoms with Crippen molar-refractivity contribution in [3.8, 4) is 17.2 Å². The minimum atomic E-state index is 0.0746. The molecule has 0 amide bonds. The normalized spacial score (nSPS) is 9.69. The van der Waals surface area contributed by atoms with E-state index in [2.05, 4.69) is 0 Å². The van der Waals surface area contributed by atoms with Gasteiger partial charge in [-0.1, -0.05) is 0 Å². The number of hydrogen-bond donors (Lipinski definition) is 2. The molecule has 5 nitrogen and oxygen atoms in total. The van der Waals surface area contributed by atoms with Crippen molar-refractivity contribution in [1.82, 2.24) is 0 Å². The molecule has 0 bridgehead atoms. The lowest BCUT2D eigenvalue weighted by atomic mass is 10.1. The zero-order valence-electron chi connectivity index (χ0n) is 9.66. The van der Waals surface area contributed by atoms with Crippen LogP contribution in [-0.4, -0.2) is 27.2 Å². The summed E-state index contributed by atoms with van der Waals surface area (Å²) in [7, 11) is 4.68. The Morgan fingerprint density at radius 2 is 1.56 bits per heavy atom. The summed E-state index contributed by atoms with van der Waals surface area (Å²) in [5.41, 5.74) is 6.16. The number of benzene rings is 1. The van der Waals surface area contributed by atoms with Gasteiger partial charge in [-0.25, -0.2) is 0 Å². The Labute approximate surface area is 94.6 Å². The van der Waals surface area contributed by atoms with Gasteiger partial charge in [0.1, 0.15) is 5.75 Å².